The number of esters is 1. The summed E-state index contributed by atoms with van der Waals surface area (Å²) < 4.78 is 5.21. The van der Waals surface area contributed by atoms with E-state index in [1.165, 1.54) is 0 Å². The first-order chi connectivity index (χ1) is 13.2. The van der Waals surface area contributed by atoms with Crippen LogP contribution in [0.3, 0.4) is 0 Å². The highest BCUT2D eigenvalue weighted by molar-refractivity contribution is 5.85. The van der Waals surface area contributed by atoms with Crippen LogP contribution >= 0.6 is 0 Å². The van der Waals surface area contributed by atoms with E-state index in [4.69, 9.17) is 4.74 Å². The van der Waals surface area contributed by atoms with Crippen molar-refractivity contribution in [1.29, 1.82) is 0 Å². The summed E-state index contributed by atoms with van der Waals surface area (Å²) in [7, 11) is 0. The topological polar surface area (TPSA) is 87.0 Å². The molecule has 0 amide bonds. The third kappa shape index (κ3) is 2.33. The predicted molar refractivity (Wildman–Crippen MR) is 103 cm³/mol. The van der Waals surface area contributed by atoms with Gasteiger partial charge in [-0.3, -0.25) is 0 Å². The maximum absolute atomic E-state index is 11.6. The second-order valence-corrected chi connectivity index (χ2v) is 10.9. The van der Waals surface area contributed by atoms with E-state index in [0.29, 0.717) is 49.5 Å². The summed E-state index contributed by atoms with van der Waals surface area (Å²) in [6, 6.07) is 0. The molecule has 0 aromatic heterocycles. The van der Waals surface area contributed by atoms with E-state index in [9.17, 15) is 20.1 Å². The highest BCUT2D eigenvalue weighted by Crippen LogP contribution is 2.69. The minimum absolute atomic E-state index is 0.140. The molecular weight excluding hydrogens is 356 g/mol. The highest BCUT2D eigenvalue weighted by atomic mass is 16.5. The van der Waals surface area contributed by atoms with Gasteiger partial charge in [0.05, 0.1) is 17.8 Å². The first-order valence-electron chi connectivity index (χ1n) is 11.1. The van der Waals surface area contributed by atoms with Crippen molar-refractivity contribution in [3.63, 3.8) is 0 Å². The molecule has 5 nitrogen and oxygen atoms in total. The number of cyclic esters (lactones) is 1. The summed E-state index contributed by atoms with van der Waals surface area (Å²) in [6.45, 7) is 4.99. The van der Waals surface area contributed by atoms with Gasteiger partial charge in [-0.25, -0.2) is 4.79 Å². The molecule has 0 aromatic carbocycles. The van der Waals surface area contributed by atoms with Crippen molar-refractivity contribution in [2.75, 3.05) is 6.61 Å². The minimum Gasteiger partial charge on any atom is -0.458 e. The summed E-state index contributed by atoms with van der Waals surface area (Å²) in [4.78, 5) is 11.6. The molecule has 4 fully saturated rings. The smallest absolute Gasteiger partial charge is 0.331 e. The van der Waals surface area contributed by atoms with Crippen molar-refractivity contribution in [2.24, 2.45) is 34.5 Å². The van der Waals surface area contributed by atoms with Crippen LogP contribution in [0, 0.1) is 34.5 Å². The van der Waals surface area contributed by atoms with Gasteiger partial charge >= 0.3 is 5.97 Å². The van der Waals surface area contributed by atoms with E-state index in [1.54, 1.807) is 6.08 Å². The van der Waals surface area contributed by atoms with Crippen molar-refractivity contribution >= 4 is 5.97 Å². The maximum Gasteiger partial charge on any atom is 0.331 e. The van der Waals surface area contributed by atoms with Gasteiger partial charge in [-0.2, -0.15) is 0 Å². The molecule has 0 saturated heterocycles. The Labute approximate surface area is 167 Å². The zero-order chi connectivity index (χ0) is 19.9. The average Bonchev–Trinajstić information content (AvgIpc) is 3.20. The Morgan fingerprint density at radius 3 is 2.57 bits per heavy atom. The molecule has 0 bridgehead atoms. The molecule has 5 rings (SSSR count). The SMILES string of the molecule is C[C@]12CC[C@H]3[C@@H](C[C@H](O)[C@@]4(O)C[C@@H](O)CC[C@]34C)[C@@H]1CC[C@@H]2C1=CC(=O)OC1. The lowest BCUT2D eigenvalue weighted by Crippen LogP contribution is -2.68. The van der Waals surface area contributed by atoms with E-state index < -0.39 is 17.8 Å². The van der Waals surface area contributed by atoms with E-state index in [-0.39, 0.29) is 16.8 Å². The van der Waals surface area contributed by atoms with E-state index in [1.807, 2.05) is 0 Å². The van der Waals surface area contributed by atoms with Crippen LogP contribution < -0.4 is 0 Å². The second kappa shape index (κ2) is 6.05. The summed E-state index contributed by atoms with van der Waals surface area (Å²) in [5.41, 5.74) is -0.208. The number of hydrogen-bond acceptors (Lipinski definition) is 5. The molecule has 4 saturated carbocycles. The average molecular weight is 391 g/mol. The third-order valence-electron chi connectivity index (χ3n) is 9.97. The number of aliphatic hydroxyl groups is 3. The van der Waals surface area contributed by atoms with Crippen molar-refractivity contribution < 1.29 is 24.9 Å². The van der Waals surface area contributed by atoms with Crippen molar-refractivity contribution in [2.45, 2.75) is 83.0 Å². The molecule has 28 heavy (non-hydrogen) atoms. The summed E-state index contributed by atoms with van der Waals surface area (Å²) in [5, 5.41) is 32.8. The van der Waals surface area contributed by atoms with Crippen molar-refractivity contribution in [3.8, 4) is 0 Å². The molecule has 5 heteroatoms. The molecule has 3 N–H and O–H groups in total. The number of ether oxygens (including phenoxy) is 1. The quantitative estimate of drug-likeness (QED) is 0.599. The van der Waals surface area contributed by atoms with E-state index >= 15 is 0 Å². The largest absolute Gasteiger partial charge is 0.458 e. The van der Waals surface area contributed by atoms with Gasteiger partial charge in [0.25, 0.3) is 0 Å². The van der Waals surface area contributed by atoms with Crippen molar-refractivity contribution in [3.05, 3.63) is 11.6 Å². The van der Waals surface area contributed by atoms with Crippen LogP contribution in [-0.2, 0) is 9.53 Å². The molecule has 9 atom stereocenters. The zero-order valence-corrected chi connectivity index (χ0v) is 17.1. The molecule has 156 valence electrons. The van der Waals surface area contributed by atoms with Crippen LogP contribution in [0.25, 0.3) is 0 Å². The van der Waals surface area contributed by atoms with Gasteiger partial charge in [0.1, 0.15) is 6.61 Å². The summed E-state index contributed by atoms with van der Waals surface area (Å²) >= 11 is 0. The first kappa shape index (κ1) is 19.1. The molecule has 1 aliphatic heterocycles. The molecule has 0 aromatic rings. The lowest BCUT2D eigenvalue weighted by Gasteiger charge is -2.65. The Morgan fingerprint density at radius 1 is 1.07 bits per heavy atom. The Balaban J connectivity index is 1.47. The molecular formula is C23H34O5. The monoisotopic (exact) mass is 390 g/mol. The number of carbonyl (C=O) groups excluding carboxylic acids is 1. The Hall–Kier alpha value is -0.910. The molecule has 0 radical (unpaired) electrons. The van der Waals surface area contributed by atoms with Gasteiger partial charge in [0.2, 0.25) is 0 Å². The van der Waals surface area contributed by atoms with Gasteiger partial charge in [0.15, 0.2) is 0 Å². The number of fused-ring (bicyclic) bond motifs is 5. The fraction of sp³-hybridized carbons (Fsp3) is 0.870. The molecule has 0 unspecified atom stereocenters. The maximum atomic E-state index is 11.6. The normalized spacial score (nSPS) is 55.8. The number of aliphatic hydroxyl groups excluding tert-OH is 2. The van der Waals surface area contributed by atoms with Gasteiger partial charge in [0, 0.05) is 17.9 Å². The molecule has 5 aliphatic rings. The number of carbonyl (C=O) groups is 1. The van der Waals surface area contributed by atoms with Crippen LogP contribution in [-0.4, -0.2) is 45.7 Å². The summed E-state index contributed by atoms with van der Waals surface area (Å²) in [5.74, 6) is 1.49. The van der Waals surface area contributed by atoms with E-state index in [2.05, 4.69) is 13.8 Å². The predicted octanol–water partition coefficient (Wildman–Crippen LogP) is 2.58. The summed E-state index contributed by atoms with van der Waals surface area (Å²) in [6.07, 6.45) is 7.21. The highest BCUT2D eigenvalue weighted by Gasteiger charge is 2.67. The Morgan fingerprint density at radius 2 is 1.86 bits per heavy atom. The Kier molecular flexibility index (Phi) is 4.12. The standard InChI is InChI=1S/C23H34O5/c1-21-7-6-18-15(17(21)4-3-16(21)13-9-20(26)28-12-13)10-19(25)23(27)11-14(24)5-8-22(18,23)2/h9,14-19,24-25,27H,3-8,10-12H2,1-2H3/t14-,15-,16+,17-,18-,19-,21+,22+,23-/m0/s1. The van der Waals surface area contributed by atoms with Crippen LogP contribution in [0.2, 0.25) is 0 Å². The van der Waals surface area contributed by atoms with Crippen LogP contribution in [0.5, 0.6) is 0 Å². The Bertz CT molecular complexity index is 718. The number of rotatable bonds is 1. The fourth-order valence-electron chi connectivity index (χ4n) is 8.46. The number of hydrogen-bond donors (Lipinski definition) is 3. The first-order valence-corrected chi connectivity index (χ1v) is 11.1. The van der Waals surface area contributed by atoms with Crippen LogP contribution in [0.1, 0.15) is 65.2 Å². The van der Waals surface area contributed by atoms with Gasteiger partial charge in [-0.15, -0.1) is 0 Å². The van der Waals surface area contributed by atoms with Gasteiger partial charge in [-0.1, -0.05) is 13.8 Å². The zero-order valence-electron chi connectivity index (χ0n) is 17.1. The molecule has 0 spiro atoms. The third-order valence-corrected chi connectivity index (χ3v) is 9.97. The van der Waals surface area contributed by atoms with Crippen molar-refractivity contribution in [1.82, 2.24) is 0 Å². The fourth-order valence-corrected chi connectivity index (χ4v) is 8.46. The minimum atomic E-state index is -1.17. The molecule has 1 heterocycles. The van der Waals surface area contributed by atoms with Gasteiger partial charge in [-0.05, 0) is 79.6 Å². The van der Waals surface area contributed by atoms with Crippen LogP contribution in [0.15, 0.2) is 11.6 Å². The second-order valence-electron chi connectivity index (χ2n) is 10.9. The molecule has 4 aliphatic carbocycles. The lowest BCUT2D eigenvalue weighted by atomic mass is 9.42. The van der Waals surface area contributed by atoms with Gasteiger partial charge < -0.3 is 20.1 Å². The van der Waals surface area contributed by atoms with Crippen LogP contribution in [0.4, 0.5) is 0 Å². The lowest BCUT2D eigenvalue weighted by molar-refractivity contribution is -0.264. The van der Waals surface area contributed by atoms with E-state index in [0.717, 1.165) is 37.7 Å².